The molecule has 3 aliphatic rings. The summed E-state index contributed by atoms with van der Waals surface area (Å²) in [5.74, 6) is -5.60. The first-order valence-electron chi connectivity index (χ1n) is 8.35. The van der Waals surface area contributed by atoms with Crippen LogP contribution in [0.5, 0.6) is 0 Å². The molecule has 0 amide bonds. The quantitative estimate of drug-likeness (QED) is 0.557. The Balaban J connectivity index is 1.66. The van der Waals surface area contributed by atoms with E-state index >= 15 is 0 Å². The Morgan fingerprint density at radius 1 is 0.500 bits per heavy atom. The summed E-state index contributed by atoms with van der Waals surface area (Å²) >= 11 is 0. The van der Waals surface area contributed by atoms with Crippen molar-refractivity contribution in [2.24, 2.45) is 0 Å². The Morgan fingerprint density at radius 3 is 0.955 bits per heavy atom. The first-order chi connectivity index (χ1) is 10.4. The Kier molecular flexibility index (Phi) is 5.04. The Morgan fingerprint density at radius 2 is 0.727 bits per heavy atom. The summed E-state index contributed by atoms with van der Waals surface area (Å²) in [7, 11) is -2.36. The largest absolute Gasteiger partial charge is 0.341 e. The fraction of sp³-hybridized carbons (Fsp3) is 1.00. The number of halogens is 3. The van der Waals surface area contributed by atoms with Gasteiger partial charge >= 0.3 is 8.60 Å². The monoisotopic (exact) mass is 340 g/mol. The SMILES string of the molecule is FC1(OP(OC2(F)CCCC2)OC2(F)CCCC2)CCCC1. The predicted molar refractivity (Wildman–Crippen MR) is 77.1 cm³/mol. The number of rotatable bonds is 6. The Hall–Kier alpha value is 0.1000. The molecule has 0 aromatic rings. The van der Waals surface area contributed by atoms with Crippen LogP contribution in [0.15, 0.2) is 0 Å². The molecular weight excluding hydrogens is 316 g/mol. The van der Waals surface area contributed by atoms with Crippen molar-refractivity contribution < 1.29 is 26.7 Å². The first kappa shape index (κ1) is 16.9. The van der Waals surface area contributed by atoms with Crippen molar-refractivity contribution in [2.75, 3.05) is 0 Å². The smallest absolute Gasteiger partial charge is 0.274 e. The van der Waals surface area contributed by atoms with Gasteiger partial charge in [-0.25, -0.2) is 13.2 Å². The average Bonchev–Trinajstić information content (AvgIpc) is 3.13. The van der Waals surface area contributed by atoms with Crippen LogP contribution in [0.1, 0.15) is 77.0 Å². The van der Waals surface area contributed by atoms with Crippen LogP contribution in [-0.4, -0.2) is 17.6 Å². The second kappa shape index (κ2) is 6.54. The van der Waals surface area contributed by atoms with E-state index in [0.29, 0.717) is 38.5 Å². The van der Waals surface area contributed by atoms with Gasteiger partial charge in [0.25, 0.3) is 0 Å². The second-order valence-corrected chi connectivity index (χ2v) is 7.76. The normalized spacial score (nSPS) is 29.5. The molecular formula is C15H24F3O3P. The van der Waals surface area contributed by atoms with Crippen LogP contribution >= 0.6 is 8.60 Å². The molecule has 7 heteroatoms. The van der Waals surface area contributed by atoms with Gasteiger partial charge in [-0.3, -0.25) is 13.6 Å². The molecule has 0 aromatic carbocycles. The van der Waals surface area contributed by atoms with Crippen LogP contribution in [0.2, 0.25) is 0 Å². The van der Waals surface area contributed by atoms with Gasteiger partial charge in [-0.05, 0) is 38.5 Å². The summed E-state index contributed by atoms with van der Waals surface area (Å²) in [6.07, 6.45) is 5.66. The maximum atomic E-state index is 14.5. The number of hydrogen-bond donors (Lipinski definition) is 0. The summed E-state index contributed by atoms with van der Waals surface area (Å²) in [4.78, 5) is 0. The lowest BCUT2D eigenvalue weighted by atomic mass is 10.3. The van der Waals surface area contributed by atoms with Gasteiger partial charge in [0.15, 0.2) is 0 Å². The van der Waals surface area contributed by atoms with Crippen molar-refractivity contribution in [2.45, 2.75) is 94.6 Å². The molecule has 3 aliphatic carbocycles. The van der Waals surface area contributed by atoms with Gasteiger partial charge in [-0.15, -0.1) is 0 Å². The molecule has 3 rings (SSSR count). The lowest BCUT2D eigenvalue weighted by molar-refractivity contribution is -0.144. The summed E-state index contributed by atoms with van der Waals surface area (Å²) in [5.41, 5.74) is 0. The lowest BCUT2D eigenvalue weighted by Gasteiger charge is -2.32. The zero-order chi connectivity index (χ0) is 15.7. The molecule has 0 aliphatic heterocycles. The maximum Gasteiger partial charge on any atom is 0.341 e. The summed E-state index contributed by atoms with van der Waals surface area (Å²) in [5, 5.41) is 0. The van der Waals surface area contributed by atoms with Gasteiger partial charge in [-0.1, -0.05) is 0 Å². The van der Waals surface area contributed by atoms with Crippen LogP contribution in [0.3, 0.4) is 0 Å². The molecule has 0 bridgehead atoms. The Bertz CT molecular complexity index is 321. The molecule has 0 spiro atoms. The third kappa shape index (κ3) is 4.14. The zero-order valence-corrected chi connectivity index (χ0v) is 13.7. The van der Waals surface area contributed by atoms with E-state index in [1.165, 1.54) is 0 Å². The molecule has 3 fully saturated rings. The van der Waals surface area contributed by atoms with E-state index in [1.54, 1.807) is 0 Å². The van der Waals surface area contributed by atoms with Crippen molar-refractivity contribution in [3.63, 3.8) is 0 Å². The molecule has 128 valence electrons. The van der Waals surface area contributed by atoms with Crippen molar-refractivity contribution >= 4 is 8.60 Å². The van der Waals surface area contributed by atoms with Crippen molar-refractivity contribution in [3.8, 4) is 0 Å². The zero-order valence-electron chi connectivity index (χ0n) is 12.8. The van der Waals surface area contributed by atoms with Crippen LogP contribution in [0, 0.1) is 0 Å². The van der Waals surface area contributed by atoms with Crippen molar-refractivity contribution in [3.05, 3.63) is 0 Å². The molecule has 0 radical (unpaired) electrons. The summed E-state index contributed by atoms with van der Waals surface area (Å²) < 4.78 is 59.6. The van der Waals surface area contributed by atoms with Crippen LogP contribution in [0.4, 0.5) is 13.2 Å². The van der Waals surface area contributed by atoms with Gasteiger partial charge in [0.1, 0.15) is 0 Å². The van der Waals surface area contributed by atoms with E-state index in [0.717, 1.165) is 0 Å². The standard InChI is InChI=1S/C15H24F3O3P/c16-13(7-1-2-8-13)19-22(20-14(17)9-3-4-10-14)21-15(18)11-5-6-12-15/h1-12H2. The van der Waals surface area contributed by atoms with Gasteiger partial charge < -0.3 is 0 Å². The molecule has 0 N–H and O–H groups in total. The highest BCUT2D eigenvalue weighted by Crippen LogP contribution is 2.58. The second-order valence-electron chi connectivity index (χ2n) is 6.77. The highest BCUT2D eigenvalue weighted by atomic mass is 31.2. The molecule has 0 atom stereocenters. The minimum absolute atomic E-state index is 0.233. The molecule has 0 aromatic heterocycles. The maximum absolute atomic E-state index is 14.5. The fourth-order valence-corrected chi connectivity index (χ4v) is 4.90. The van der Waals surface area contributed by atoms with Gasteiger partial charge in [0.05, 0.1) is 0 Å². The topological polar surface area (TPSA) is 27.7 Å². The molecule has 22 heavy (non-hydrogen) atoms. The van der Waals surface area contributed by atoms with Gasteiger partial charge in [0.2, 0.25) is 17.6 Å². The highest BCUT2D eigenvalue weighted by molar-refractivity contribution is 7.41. The highest BCUT2D eigenvalue weighted by Gasteiger charge is 2.48. The minimum atomic E-state index is -2.36. The predicted octanol–water partition coefficient (Wildman–Crippen LogP) is 5.98. The molecule has 0 heterocycles. The van der Waals surface area contributed by atoms with E-state index in [2.05, 4.69) is 0 Å². The van der Waals surface area contributed by atoms with E-state index in [9.17, 15) is 13.2 Å². The van der Waals surface area contributed by atoms with Crippen LogP contribution in [0.25, 0.3) is 0 Å². The molecule has 0 saturated heterocycles. The molecule has 3 nitrogen and oxygen atoms in total. The summed E-state index contributed by atoms with van der Waals surface area (Å²) in [6.45, 7) is 0. The van der Waals surface area contributed by atoms with Crippen LogP contribution < -0.4 is 0 Å². The van der Waals surface area contributed by atoms with Crippen LogP contribution in [-0.2, 0) is 13.6 Å². The third-order valence-electron chi connectivity index (χ3n) is 4.77. The number of alkyl halides is 3. The molecule has 0 unspecified atom stereocenters. The van der Waals surface area contributed by atoms with Crippen molar-refractivity contribution in [1.29, 1.82) is 0 Å². The number of hydrogen-bond acceptors (Lipinski definition) is 3. The van der Waals surface area contributed by atoms with E-state index in [-0.39, 0.29) is 38.5 Å². The third-order valence-corrected chi connectivity index (χ3v) is 6.19. The lowest BCUT2D eigenvalue weighted by Crippen LogP contribution is -2.29. The minimum Gasteiger partial charge on any atom is -0.274 e. The Labute approximate surface area is 130 Å². The van der Waals surface area contributed by atoms with Gasteiger partial charge in [0, 0.05) is 38.5 Å². The van der Waals surface area contributed by atoms with E-state index in [1.807, 2.05) is 0 Å². The summed E-state index contributed by atoms with van der Waals surface area (Å²) in [6, 6.07) is 0. The van der Waals surface area contributed by atoms with E-state index in [4.69, 9.17) is 13.6 Å². The molecule has 3 saturated carbocycles. The fourth-order valence-electron chi connectivity index (χ4n) is 3.44. The van der Waals surface area contributed by atoms with Gasteiger partial charge in [-0.2, -0.15) is 0 Å². The first-order valence-corrected chi connectivity index (χ1v) is 9.44. The average molecular weight is 340 g/mol. The van der Waals surface area contributed by atoms with E-state index < -0.39 is 26.2 Å². The van der Waals surface area contributed by atoms with Crippen molar-refractivity contribution in [1.82, 2.24) is 0 Å².